The number of rotatable bonds is 4. The fourth-order valence-electron chi connectivity index (χ4n) is 2.98. The van der Waals surface area contributed by atoms with Crippen molar-refractivity contribution < 1.29 is 9.53 Å². The zero-order valence-electron chi connectivity index (χ0n) is 15.7. The maximum atomic E-state index is 13.0. The second kappa shape index (κ2) is 7.53. The smallest absolute Gasteiger partial charge is 0.260 e. The van der Waals surface area contributed by atoms with Crippen LogP contribution < -0.4 is 10.1 Å². The molecule has 0 atom stereocenters. The number of imidazole rings is 1. The standard InChI is InChI=1S/C21H16BrN5O2/c1-12(2)29-18-8-7-14(22)9-15(18)20(28)25-19-13(10-23)11-27-17-6-4-3-5-16(17)24-21(27)26-19/h3-9,11-12H,1-2H3,(H,24,25,26,28). The summed E-state index contributed by atoms with van der Waals surface area (Å²) in [5, 5.41) is 12.3. The number of para-hydroxylation sites is 2. The number of benzene rings is 2. The molecular weight excluding hydrogens is 434 g/mol. The van der Waals surface area contributed by atoms with Crippen molar-refractivity contribution in [3.8, 4) is 11.8 Å². The summed E-state index contributed by atoms with van der Waals surface area (Å²) in [5.74, 6) is 0.572. The van der Waals surface area contributed by atoms with Crippen molar-refractivity contribution in [3.63, 3.8) is 0 Å². The Morgan fingerprint density at radius 2 is 2.03 bits per heavy atom. The molecule has 0 aliphatic rings. The summed E-state index contributed by atoms with van der Waals surface area (Å²) in [4.78, 5) is 21.8. The number of anilines is 1. The number of carbonyl (C=O) groups is 1. The van der Waals surface area contributed by atoms with E-state index >= 15 is 0 Å². The lowest BCUT2D eigenvalue weighted by Crippen LogP contribution is -2.17. The number of fused-ring (bicyclic) bond motifs is 3. The number of aromatic nitrogens is 3. The molecule has 0 saturated heterocycles. The van der Waals surface area contributed by atoms with E-state index in [1.165, 1.54) is 0 Å². The van der Waals surface area contributed by atoms with E-state index in [2.05, 4.69) is 37.3 Å². The number of nitrogens with one attached hydrogen (secondary N) is 1. The maximum Gasteiger partial charge on any atom is 0.260 e. The molecule has 29 heavy (non-hydrogen) atoms. The lowest BCUT2D eigenvalue weighted by atomic mass is 10.2. The monoisotopic (exact) mass is 449 g/mol. The van der Waals surface area contributed by atoms with Gasteiger partial charge < -0.3 is 10.1 Å². The number of hydrogen-bond acceptors (Lipinski definition) is 5. The second-order valence-corrected chi connectivity index (χ2v) is 7.56. The van der Waals surface area contributed by atoms with Gasteiger partial charge in [0.05, 0.1) is 22.7 Å². The Morgan fingerprint density at radius 1 is 1.24 bits per heavy atom. The van der Waals surface area contributed by atoms with E-state index in [4.69, 9.17) is 4.74 Å². The van der Waals surface area contributed by atoms with Crippen LogP contribution in [-0.4, -0.2) is 26.4 Å². The number of nitrogens with zero attached hydrogens (tertiary/aromatic N) is 4. The molecule has 0 spiro atoms. The Kier molecular flexibility index (Phi) is 4.91. The van der Waals surface area contributed by atoms with E-state index in [1.807, 2.05) is 38.1 Å². The van der Waals surface area contributed by atoms with Crippen molar-refractivity contribution in [2.75, 3.05) is 5.32 Å². The number of amides is 1. The molecule has 2 aromatic heterocycles. The maximum absolute atomic E-state index is 13.0. The zero-order chi connectivity index (χ0) is 20.5. The Balaban J connectivity index is 1.76. The Hall–Kier alpha value is -3.44. The number of halogens is 1. The number of carbonyl (C=O) groups excluding carboxylic acids is 1. The molecule has 144 valence electrons. The summed E-state index contributed by atoms with van der Waals surface area (Å²) in [6, 6.07) is 14.8. The highest BCUT2D eigenvalue weighted by Crippen LogP contribution is 2.26. The Labute approximate surface area is 175 Å². The molecule has 0 radical (unpaired) electrons. The first-order valence-corrected chi connectivity index (χ1v) is 9.71. The fourth-order valence-corrected chi connectivity index (χ4v) is 3.34. The van der Waals surface area contributed by atoms with Gasteiger partial charge in [0.15, 0.2) is 5.82 Å². The van der Waals surface area contributed by atoms with Gasteiger partial charge in [-0.25, -0.2) is 4.98 Å². The molecule has 4 rings (SSSR count). The third-order valence-corrected chi connectivity index (χ3v) is 4.70. The third kappa shape index (κ3) is 3.65. The highest BCUT2D eigenvalue weighted by atomic mass is 79.9. The molecule has 0 unspecified atom stereocenters. The highest BCUT2D eigenvalue weighted by Gasteiger charge is 2.18. The van der Waals surface area contributed by atoms with Crippen molar-refractivity contribution in [1.29, 1.82) is 5.26 Å². The first-order valence-electron chi connectivity index (χ1n) is 8.92. The zero-order valence-corrected chi connectivity index (χ0v) is 17.3. The average Bonchev–Trinajstić information content (AvgIpc) is 3.05. The Bertz CT molecular complexity index is 1290. The third-order valence-electron chi connectivity index (χ3n) is 4.20. The fraction of sp³-hybridized carbons (Fsp3) is 0.143. The Morgan fingerprint density at radius 3 is 2.79 bits per heavy atom. The van der Waals surface area contributed by atoms with E-state index in [-0.39, 0.29) is 17.5 Å². The van der Waals surface area contributed by atoms with Crippen LogP contribution >= 0.6 is 15.9 Å². The van der Waals surface area contributed by atoms with Crippen LogP contribution in [0.5, 0.6) is 5.75 Å². The second-order valence-electron chi connectivity index (χ2n) is 6.65. The van der Waals surface area contributed by atoms with Gasteiger partial charge in [-0.05, 0) is 44.2 Å². The topological polar surface area (TPSA) is 92.3 Å². The summed E-state index contributed by atoms with van der Waals surface area (Å²) in [6.07, 6.45) is 1.53. The van der Waals surface area contributed by atoms with Gasteiger partial charge in [-0.2, -0.15) is 10.2 Å². The van der Waals surface area contributed by atoms with Gasteiger partial charge in [0.25, 0.3) is 5.91 Å². The molecule has 7 nitrogen and oxygen atoms in total. The van der Waals surface area contributed by atoms with Crippen LogP contribution in [0.1, 0.15) is 29.8 Å². The summed E-state index contributed by atoms with van der Waals surface area (Å²) in [7, 11) is 0. The van der Waals surface area contributed by atoms with Gasteiger partial charge in [0.2, 0.25) is 5.78 Å². The molecule has 0 aliphatic heterocycles. The van der Waals surface area contributed by atoms with Crippen LogP contribution in [0.15, 0.2) is 53.1 Å². The van der Waals surface area contributed by atoms with Crippen molar-refractivity contribution >= 4 is 44.5 Å². The molecule has 2 heterocycles. The van der Waals surface area contributed by atoms with Crippen molar-refractivity contribution in [3.05, 3.63) is 64.3 Å². The van der Waals surface area contributed by atoms with Crippen LogP contribution in [0.4, 0.5) is 5.82 Å². The average molecular weight is 450 g/mol. The number of hydrogen-bond donors (Lipinski definition) is 1. The molecule has 0 saturated carbocycles. The quantitative estimate of drug-likeness (QED) is 0.492. The molecule has 0 bridgehead atoms. The minimum Gasteiger partial charge on any atom is -0.490 e. The van der Waals surface area contributed by atoms with Gasteiger partial charge in [0, 0.05) is 10.7 Å². The first kappa shape index (κ1) is 18.9. The van der Waals surface area contributed by atoms with Crippen molar-refractivity contribution in [2.45, 2.75) is 20.0 Å². The summed E-state index contributed by atoms with van der Waals surface area (Å²) >= 11 is 3.38. The molecule has 0 aliphatic carbocycles. The van der Waals surface area contributed by atoms with Crippen LogP contribution in [0.2, 0.25) is 0 Å². The summed E-state index contributed by atoms with van der Waals surface area (Å²) in [6.45, 7) is 3.77. The van der Waals surface area contributed by atoms with Crippen LogP contribution in [0.25, 0.3) is 16.8 Å². The minimum atomic E-state index is -0.425. The number of nitriles is 1. The van der Waals surface area contributed by atoms with E-state index in [0.717, 1.165) is 15.5 Å². The molecular formula is C21H16BrN5O2. The molecule has 2 aromatic carbocycles. The summed E-state index contributed by atoms with van der Waals surface area (Å²) < 4.78 is 8.21. The SMILES string of the molecule is CC(C)Oc1ccc(Br)cc1C(=O)Nc1nc2nc3ccccc3n2cc1C#N. The molecule has 8 heteroatoms. The minimum absolute atomic E-state index is 0.0933. The van der Waals surface area contributed by atoms with E-state index in [9.17, 15) is 10.1 Å². The molecule has 1 N–H and O–H groups in total. The molecule has 0 fully saturated rings. The largest absolute Gasteiger partial charge is 0.490 e. The van der Waals surface area contributed by atoms with Crippen LogP contribution in [0, 0.1) is 11.3 Å². The van der Waals surface area contributed by atoms with Crippen LogP contribution in [-0.2, 0) is 0 Å². The molecule has 1 amide bonds. The van der Waals surface area contributed by atoms with Gasteiger partial charge in [-0.3, -0.25) is 9.20 Å². The first-order chi connectivity index (χ1) is 14.0. The lowest BCUT2D eigenvalue weighted by molar-refractivity contribution is 0.102. The predicted molar refractivity (Wildman–Crippen MR) is 113 cm³/mol. The van der Waals surface area contributed by atoms with Gasteiger partial charge >= 0.3 is 0 Å². The van der Waals surface area contributed by atoms with E-state index in [0.29, 0.717) is 17.1 Å². The normalized spacial score (nSPS) is 11.0. The number of ether oxygens (including phenoxy) is 1. The van der Waals surface area contributed by atoms with Crippen molar-refractivity contribution in [1.82, 2.24) is 14.4 Å². The van der Waals surface area contributed by atoms with Gasteiger partial charge in [0.1, 0.15) is 17.4 Å². The predicted octanol–water partition coefficient (Wildman–Crippen LogP) is 4.56. The van der Waals surface area contributed by atoms with Crippen molar-refractivity contribution in [2.24, 2.45) is 0 Å². The molecule has 4 aromatic rings. The van der Waals surface area contributed by atoms with Gasteiger partial charge in [-0.15, -0.1) is 0 Å². The highest BCUT2D eigenvalue weighted by molar-refractivity contribution is 9.10. The van der Waals surface area contributed by atoms with E-state index < -0.39 is 5.91 Å². The lowest BCUT2D eigenvalue weighted by Gasteiger charge is -2.14. The van der Waals surface area contributed by atoms with Crippen LogP contribution in [0.3, 0.4) is 0 Å². The van der Waals surface area contributed by atoms with E-state index in [1.54, 1.807) is 28.8 Å². The van der Waals surface area contributed by atoms with Gasteiger partial charge in [-0.1, -0.05) is 28.1 Å². The summed E-state index contributed by atoms with van der Waals surface area (Å²) in [5.41, 5.74) is 2.17.